The van der Waals surface area contributed by atoms with Crippen LogP contribution in [0.15, 0.2) is 0 Å². The van der Waals surface area contributed by atoms with Gasteiger partial charge in [-0.05, 0) is 12.8 Å². The van der Waals surface area contributed by atoms with Crippen molar-refractivity contribution < 1.29 is 22.4 Å². The first-order valence-electron chi connectivity index (χ1n) is 11.8. The van der Waals surface area contributed by atoms with Gasteiger partial charge in [0.1, 0.15) is 0 Å². The normalized spacial score (nSPS) is 11.8. The third-order valence-electron chi connectivity index (χ3n) is 4.97. The number of nitrogens with two attached hydrogens (primary N) is 1. The van der Waals surface area contributed by atoms with E-state index in [0.717, 1.165) is 12.8 Å². The molecule has 1 unspecified atom stereocenters. The summed E-state index contributed by atoms with van der Waals surface area (Å²) < 4.78 is 16.4. The molecule has 0 heterocycles. The second-order valence-corrected chi connectivity index (χ2v) is 9.93. The van der Waals surface area contributed by atoms with E-state index in [4.69, 9.17) is 10.6 Å². The summed E-state index contributed by atoms with van der Waals surface area (Å²) in [5.74, 6) is 0.110. The van der Waals surface area contributed by atoms with Crippen molar-refractivity contribution >= 4 is 37.5 Å². The molecule has 0 rings (SSSR count). The summed E-state index contributed by atoms with van der Waals surface area (Å²) in [5, 5.41) is 2.82. The topological polar surface area (TPSA) is 146 Å². The van der Waals surface area contributed by atoms with Gasteiger partial charge in [-0.25, -0.2) is 4.57 Å². The van der Waals surface area contributed by atoms with Gasteiger partial charge in [0.25, 0.3) is 0 Å². The van der Waals surface area contributed by atoms with Crippen LogP contribution in [0.2, 0.25) is 0 Å². The molecule has 32 heavy (non-hydrogen) atoms. The monoisotopic (exact) mass is 523 g/mol. The van der Waals surface area contributed by atoms with Crippen molar-refractivity contribution in [3.63, 3.8) is 0 Å². The fraction of sp³-hybridized carbons (Fsp3) is 0.952. The molecule has 0 aromatic carbocycles. The van der Waals surface area contributed by atoms with E-state index in [1.54, 1.807) is 0 Å². The van der Waals surface area contributed by atoms with Crippen LogP contribution in [-0.2, 0) is 17.5 Å². The highest BCUT2D eigenvalue weighted by atomic mass is 35.5. The Morgan fingerprint density at radius 3 is 1.47 bits per heavy atom. The zero-order valence-corrected chi connectivity index (χ0v) is 22.6. The van der Waals surface area contributed by atoms with Gasteiger partial charge in [0.05, 0.1) is 29.9 Å². The van der Waals surface area contributed by atoms with Gasteiger partial charge in [0, 0.05) is 6.42 Å². The molecule has 0 aliphatic rings. The van der Waals surface area contributed by atoms with Crippen molar-refractivity contribution in [1.82, 2.24) is 11.5 Å². The molecule has 0 aromatic rings. The summed E-state index contributed by atoms with van der Waals surface area (Å²) >= 11 is 8.74. The smallest absolute Gasteiger partial charge is 0.344 e. The van der Waals surface area contributed by atoms with Crippen LogP contribution >= 0.6 is 31.6 Å². The van der Waals surface area contributed by atoms with Gasteiger partial charge in [0.15, 0.2) is 0 Å². The molecule has 11 heteroatoms. The first-order valence-corrected chi connectivity index (χ1v) is 13.9. The first kappa shape index (κ1) is 36.6. The Labute approximate surface area is 206 Å². The number of carbonyl (C=O) groups is 1. The largest absolute Gasteiger partial charge is 0.505 e. The molecule has 0 saturated carbocycles. The predicted octanol–water partition coefficient (Wildman–Crippen LogP) is 7.65. The standard InChI is InChI=1S/C21H44N2O.Cl2HO4P.H3N/c1-3-5-6-7-8-9-10-11-12-13-14-15-16-17-18-19-21(24)23-20(22)4-2;1-5-7(3,4)6-2;/h20H,3-19,22H2,1-2H3,(H,23,24);(H,3,4);1H3. The van der Waals surface area contributed by atoms with E-state index in [1.165, 1.54) is 89.9 Å². The fourth-order valence-electron chi connectivity index (χ4n) is 3.05. The highest BCUT2D eigenvalue weighted by Crippen LogP contribution is 2.45. The average molecular weight is 525 g/mol. The van der Waals surface area contributed by atoms with Crippen molar-refractivity contribution in [1.29, 1.82) is 0 Å². The summed E-state index contributed by atoms with van der Waals surface area (Å²) in [5.41, 5.74) is 5.70. The maximum atomic E-state index is 11.6. The van der Waals surface area contributed by atoms with Crippen molar-refractivity contribution in [2.75, 3.05) is 0 Å². The molecule has 0 spiro atoms. The van der Waals surface area contributed by atoms with Crippen LogP contribution < -0.4 is 17.2 Å². The van der Waals surface area contributed by atoms with E-state index in [0.29, 0.717) is 6.42 Å². The molecule has 1 amide bonds. The fourth-order valence-corrected chi connectivity index (χ4v) is 3.33. The van der Waals surface area contributed by atoms with Gasteiger partial charge in [-0.2, -0.15) is 8.15 Å². The van der Waals surface area contributed by atoms with Crippen molar-refractivity contribution in [3.8, 4) is 0 Å². The third-order valence-corrected chi connectivity index (χ3v) is 6.36. The number of hydrogen-bond donors (Lipinski definition) is 4. The Bertz CT molecular complexity index is 444. The van der Waals surface area contributed by atoms with E-state index in [-0.39, 0.29) is 18.2 Å². The summed E-state index contributed by atoms with van der Waals surface area (Å²) in [6, 6.07) is 0. The predicted molar refractivity (Wildman–Crippen MR) is 135 cm³/mol. The van der Waals surface area contributed by atoms with E-state index in [2.05, 4.69) is 44.1 Å². The van der Waals surface area contributed by atoms with Gasteiger partial charge in [0.2, 0.25) is 5.91 Å². The lowest BCUT2D eigenvalue weighted by Gasteiger charge is -2.10. The molecule has 0 aromatic heterocycles. The molecule has 7 N–H and O–H groups in total. The molecular formula is C21H48Cl2N3O5P. The van der Waals surface area contributed by atoms with Crippen molar-refractivity contribution in [2.24, 2.45) is 5.73 Å². The molecule has 0 radical (unpaired) electrons. The van der Waals surface area contributed by atoms with E-state index < -0.39 is 7.82 Å². The van der Waals surface area contributed by atoms with Gasteiger partial charge in [-0.1, -0.05) is 104 Å². The molecule has 0 bridgehead atoms. The Morgan fingerprint density at radius 1 is 0.844 bits per heavy atom. The highest BCUT2D eigenvalue weighted by Gasteiger charge is 2.18. The molecule has 1 atom stereocenters. The minimum absolute atomic E-state index is 0. The zero-order chi connectivity index (χ0) is 23.8. The van der Waals surface area contributed by atoms with Crippen LogP contribution in [0, 0.1) is 0 Å². The SMILES string of the molecule is CCCCCCCCCCCCCCCCCC(=O)NC(N)CC.N.O=P(O)(OCl)OCl. The number of rotatable bonds is 20. The van der Waals surface area contributed by atoms with E-state index in [9.17, 15) is 9.36 Å². The number of phosphoric acid groups is 1. The third kappa shape index (κ3) is 30.1. The summed E-state index contributed by atoms with van der Waals surface area (Å²) in [6.45, 7) is 4.26. The summed E-state index contributed by atoms with van der Waals surface area (Å²) in [7, 11) is -4.12. The second kappa shape index (κ2) is 27.3. The molecule has 0 aliphatic heterocycles. The van der Waals surface area contributed by atoms with Crippen LogP contribution in [0.5, 0.6) is 0 Å². The maximum absolute atomic E-state index is 11.6. The molecule has 8 nitrogen and oxygen atoms in total. The number of unbranched alkanes of at least 4 members (excludes halogenated alkanes) is 14. The minimum Gasteiger partial charge on any atom is -0.344 e. The number of nitrogens with one attached hydrogen (secondary N) is 1. The van der Waals surface area contributed by atoms with Crippen LogP contribution in [0.3, 0.4) is 0 Å². The summed E-state index contributed by atoms with van der Waals surface area (Å²) in [4.78, 5) is 19.5. The van der Waals surface area contributed by atoms with Crippen molar-refractivity contribution in [3.05, 3.63) is 0 Å². The molecule has 0 saturated heterocycles. The first-order chi connectivity index (χ1) is 14.8. The average Bonchev–Trinajstić information content (AvgIpc) is 2.76. The van der Waals surface area contributed by atoms with Crippen LogP contribution in [-0.4, -0.2) is 17.0 Å². The lowest BCUT2D eigenvalue weighted by Crippen LogP contribution is -2.40. The van der Waals surface area contributed by atoms with E-state index >= 15 is 0 Å². The zero-order valence-electron chi connectivity index (χ0n) is 20.2. The quantitative estimate of drug-likeness (QED) is 0.0727. The Kier molecular flexibility index (Phi) is 31.3. The highest BCUT2D eigenvalue weighted by molar-refractivity contribution is 7.49. The van der Waals surface area contributed by atoms with E-state index in [1.807, 2.05) is 6.92 Å². The van der Waals surface area contributed by atoms with Gasteiger partial charge in [-0.15, -0.1) is 0 Å². The van der Waals surface area contributed by atoms with Gasteiger partial charge in [-0.3, -0.25) is 4.79 Å². The molecule has 196 valence electrons. The number of amides is 1. The van der Waals surface area contributed by atoms with Crippen molar-refractivity contribution in [2.45, 2.75) is 129 Å². The Morgan fingerprint density at radius 2 is 1.19 bits per heavy atom. The molecule has 0 fully saturated rings. The number of carbonyl (C=O) groups excluding carboxylic acids is 1. The Hall–Kier alpha value is 0.0800. The molecular weight excluding hydrogens is 476 g/mol. The van der Waals surface area contributed by atoms with Crippen LogP contribution in [0.4, 0.5) is 0 Å². The Balaban J connectivity index is -0.000000903. The number of hydrogen-bond acceptors (Lipinski definition) is 6. The van der Waals surface area contributed by atoms with Gasteiger partial charge < -0.3 is 22.1 Å². The maximum Gasteiger partial charge on any atom is 0.505 e. The lowest BCUT2D eigenvalue weighted by molar-refractivity contribution is -0.121. The molecule has 0 aliphatic carbocycles. The second-order valence-electron chi connectivity index (χ2n) is 7.89. The summed E-state index contributed by atoms with van der Waals surface area (Å²) in [6.07, 6.45) is 21.6. The van der Waals surface area contributed by atoms with Crippen LogP contribution in [0.1, 0.15) is 123 Å². The van der Waals surface area contributed by atoms with Gasteiger partial charge >= 0.3 is 7.82 Å². The number of halogens is 2. The lowest BCUT2D eigenvalue weighted by atomic mass is 10.0. The minimum atomic E-state index is -4.12. The van der Waals surface area contributed by atoms with Crippen LogP contribution in [0.25, 0.3) is 0 Å².